The highest BCUT2D eigenvalue weighted by atomic mass is 16.4. The molecule has 1 aromatic carbocycles. The van der Waals surface area contributed by atoms with Crippen LogP contribution < -0.4 is 16.0 Å². The zero-order valence-electron chi connectivity index (χ0n) is 10.7. The van der Waals surface area contributed by atoms with Gasteiger partial charge in [-0.05, 0) is 11.6 Å². The average molecular weight is 277 g/mol. The van der Waals surface area contributed by atoms with Gasteiger partial charge in [0.2, 0.25) is 11.8 Å². The number of hydrogen-bond donors (Lipinski definition) is 4. The first-order chi connectivity index (χ1) is 9.56. The van der Waals surface area contributed by atoms with E-state index in [1.165, 1.54) is 0 Å². The molecule has 2 amide bonds. The van der Waals surface area contributed by atoms with Crippen LogP contribution in [0.1, 0.15) is 5.56 Å². The van der Waals surface area contributed by atoms with Crippen molar-refractivity contribution in [2.24, 2.45) is 0 Å². The first kappa shape index (κ1) is 13.9. The first-order valence-corrected chi connectivity index (χ1v) is 6.17. The largest absolute Gasteiger partial charge is 0.480 e. The molecule has 0 bridgehead atoms. The monoisotopic (exact) mass is 277 g/mol. The molecule has 0 aromatic heterocycles. The molecule has 0 spiro atoms. The van der Waals surface area contributed by atoms with E-state index in [1.807, 2.05) is 24.3 Å². The standard InChI is InChI=1S/C13H15N3O4/c17-11(14-7-12(18)19)6-15-13(20)10-5-8-3-1-2-4-9(8)16-10/h1-4,10,16H,5-7H2,(H,14,17)(H,15,20)(H,18,19). The Bertz CT molecular complexity index is 519. The topological polar surface area (TPSA) is 108 Å². The number of aliphatic carboxylic acids is 1. The second-order valence-corrected chi connectivity index (χ2v) is 4.45. The van der Waals surface area contributed by atoms with Crippen molar-refractivity contribution in [1.82, 2.24) is 10.6 Å². The molecule has 20 heavy (non-hydrogen) atoms. The molecule has 1 aliphatic rings. The predicted molar refractivity (Wildman–Crippen MR) is 71.2 cm³/mol. The number of benzene rings is 1. The van der Waals surface area contributed by atoms with Crippen LogP contribution in [0.25, 0.3) is 0 Å². The molecule has 0 aliphatic carbocycles. The van der Waals surface area contributed by atoms with Crippen LogP contribution in [0, 0.1) is 0 Å². The molecule has 1 aromatic rings. The highest BCUT2D eigenvalue weighted by molar-refractivity contribution is 5.91. The highest BCUT2D eigenvalue weighted by Crippen LogP contribution is 2.24. The van der Waals surface area contributed by atoms with E-state index in [9.17, 15) is 14.4 Å². The Labute approximate surface area is 115 Å². The third kappa shape index (κ3) is 3.47. The molecule has 4 N–H and O–H groups in total. The lowest BCUT2D eigenvalue weighted by atomic mass is 10.1. The summed E-state index contributed by atoms with van der Waals surface area (Å²) in [5, 5.41) is 16.1. The van der Waals surface area contributed by atoms with E-state index in [2.05, 4.69) is 16.0 Å². The van der Waals surface area contributed by atoms with E-state index in [1.54, 1.807) is 0 Å². The number of rotatable bonds is 5. The maximum atomic E-state index is 11.9. The van der Waals surface area contributed by atoms with Gasteiger partial charge < -0.3 is 21.1 Å². The van der Waals surface area contributed by atoms with Crippen molar-refractivity contribution in [3.63, 3.8) is 0 Å². The smallest absolute Gasteiger partial charge is 0.322 e. The lowest BCUT2D eigenvalue weighted by molar-refractivity contribution is -0.137. The molecule has 0 radical (unpaired) electrons. The zero-order valence-corrected chi connectivity index (χ0v) is 10.7. The van der Waals surface area contributed by atoms with Crippen LogP contribution >= 0.6 is 0 Å². The minimum atomic E-state index is -1.13. The SMILES string of the molecule is O=C(O)CNC(=O)CNC(=O)C1Cc2ccccc2N1. The fourth-order valence-electron chi connectivity index (χ4n) is 1.98. The molecule has 0 fully saturated rings. The third-order valence-electron chi connectivity index (χ3n) is 2.95. The molecule has 7 heteroatoms. The van der Waals surface area contributed by atoms with Crippen LogP contribution in [0.3, 0.4) is 0 Å². The normalized spacial score (nSPS) is 15.9. The lowest BCUT2D eigenvalue weighted by Gasteiger charge is -2.11. The van der Waals surface area contributed by atoms with Crippen molar-refractivity contribution >= 4 is 23.5 Å². The molecule has 1 aliphatic heterocycles. The zero-order chi connectivity index (χ0) is 14.5. The van der Waals surface area contributed by atoms with Crippen molar-refractivity contribution < 1.29 is 19.5 Å². The van der Waals surface area contributed by atoms with E-state index in [4.69, 9.17) is 5.11 Å². The van der Waals surface area contributed by atoms with Crippen LogP contribution in [0.2, 0.25) is 0 Å². The van der Waals surface area contributed by atoms with Crippen LogP contribution in [0.15, 0.2) is 24.3 Å². The third-order valence-corrected chi connectivity index (χ3v) is 2.95. The van der Waals surface area contributed by atoms with Crippen molar-refractivity contribution in [2.75, 3.05) is 18.4 Å². The Kier molecular flexibility index (Phi) is 4.19. The molecule has 0 saturated carbocycles. The number of anilines is 1. The lowest BCUT2D eigenvalue weighted by Crippen LogP contribution is -2.44. The molecule has 106 valence electrons. The summed E-state index contributed by atoms with van der Waals surface area (Å²) in [6.45, 7) is -0.692. The van der Waals surface area contributed by atoms with E-state index in [0.717, 1.165) is 11.3 Å². The number of carboxylic acids is 1. The van der Waals surface area contributed by atoms with Gasteiger partial charge in [-0.2, -0.15) is 0 Å². The van der Waals surface area contributed by atoms with Gasteiger partial charge in [0, 0.05) is 12.1 Å². The maximum Gasteiger partial charge on any atom is 0.322 e. The number of hydrogen-bond acceptors (Lipinski definition) is 4. The summed E-state index contributed by atoms with van der Waals surface area (Å²) in [4.78, 5) is 33.4. The highest BCUT2D eigenvalue weighted by Gasteiger charge is 2.26. The van der Waals surface area contributed by atoms with Gasteiger partial charge in [0.05, 0.1) is 6.54 Å². The number of para-hydroxylation sites is 1. The Hall–Kier alpha value is -2.57. The van der Waals surface area contributed by atoms with Crippen LogP contribution in [0.4, 0.5) is 5.69 Å². The average Bonchev–Trinajstić information content (AvgIpc) is 2.86. The predicted octanol–water partition coefficient (Wildman–Crippen LogP) is -0.660. The second-order valence-electron chi connectivity index (χ2n) is 4.45. The number of amides is 2. The fraction of sp³-hybridized carbons (Fsp3) is 0.308. The molecule has 1 atom stereocenters. The van der Waals surface area contributed by atoms with Gasteiger partial charge in [0.15, 0.2) is 0 Å². The first-order valence-electron chi connectivity index (χ1n) is 6.17. The molecular weight excluding hydrogens is 262 g/mol. The number of carbonyl (C=O) groups excluding carboxylic acids is 2. The van der Waals surface area contributed by atoms with Crippen LogP contribution in [-0.2, 0) is 20.8 Å². The summed E-state index contributed by atoms with van der Waals surface area (Å²) in [7, 11) is 0. The van der Waals surface area contributed by atoms with Crippen molar-refractivity contribution in [3.05, 3.63) is 29.8 Å². The number of carboxylic acid groups (broad SMARTS) is 1. The van der Waals surface area contributed by atoms with Gasteiger partial charge in [-0.15, -0.1) is 0 Å². The molecule has 2 rings (SSSR count). The van der Waals surface area contributed by atoms with Crippen molar-refractivity contribution in [1.29, 1.82) is 0 Å². The van der Waals surface area contributed by atoms with Gasteiger partial charge in [-0.3, -0.25) is 14.4 Å². The summed E-state index contributed by atoms with van der Waals surface area (Å²) in [5.74, 6) is -1.94. The Morgan fingerprint density at radius 2 is 1.95 bits per heavy atom. The summed E-state index contributed by atoms with van der Waals surface area (Å²) in [6, 6.07) is 7.21. The minimum Gasteiger partial charge on any atom is -0.480 e. The Balaban J connectivity index is 1.77. The fourth-order valence-corrected chi connectivity index (χ4v) is 1.98. The molecule has 1 heterocycles. The van der Waals surface area contributed by atoms with Gasteiger partial charge in [-0.25, -0.2) is 0 Å². The Morgan fingerprint density at radius 3 is 2.65 bits per heavy atom. The number of carbonyl (C=O) groups is 3. The van der Waals surface area contributed by atoms with Gasteiger partial charge in [0.25, 0.3) is 0 Å². The van der Waals surface area contributed by atoms with Crippen molar-refractivity contribution in [2.45, 2.75) is 12.5 Å². The van der Waals surface area contributed by atoms with Crippen molar-refractivity contribution in [3.8, 4) is 0 Å². The Morgan fingerprint density at radius 1 is 1.20 bits per heavy atom. The summed E-state index contributed by atoms with van der Waals surface area (Å²) >= 11 is 0. The number of nitrogens with one attached hydrogen (secondary N) is 3. The van der Waals surface area contributed by atoms with E-state index >= 15 is 0 Å². The van der Waals surface area contributed by atoms with Crippen LogP contribution in [0.5, 0.6) is 0 Å². The maximum absolute atomic E-state index is 11.9. The summed E-state index contributed by atoms with van der Waals surface area (Å²) in [6.07, 6.45) is 0.568. The van der Waals surface area contributed by atoms with Gasteiger partial charge in [0.1, 0.15) is 12.6 Å². The van der Waals surface area contributed by atoms with Gasteiger partial charge in [-0.1, -0.05) is 18.2 Å². The summed E-state index contributed by atoms with van der Waals surface area (Å²) in [5.41, 5.74) is 1.98. The second kappa shape index (κ2) is 6.05. The molecular formula is C13H15N3O4. The van der Waals surface area contributed by atoms with E-state index in [0.29, 0.717) is 6.42 Å². The van der Waals surface area contributed by atoms with Crippen LogP contribution in [-0.4, -0.2) is 42.0 Å². The van der Waals surface area contributed by atoms with E-state index < -0.39 is 24.5 Å². The van der Waals surface area contributed by atoms with E-state index in [-0.39, 0.29) is 12.5 Å². The molecule has 0 saturated heterocycles. The minimum absolute atomic E-state index is 0.235. The quantitative estimate of drug-likeness (QED) is 0.571. The molecule has 7 nitrogen and oxygen atoms in total. The number of fused-ring (bicyclic) bond motifs is 1. The summed E-state index contributed by atoms with van der Waals surface area (Å²) < 4.78 is 0. The van der Waals surface area contributed by atoms with Gasteiger partial charge >= 0.3 is 5.97 Å². The molecule has 1 unspecified atom stereocenters.